The minimum Gasteiger partial charge on any atom is -0.357 e. The van der Waals surface area contributed by atoms with Crippen LogP contribution in [0.2, 0.25) is 0 Å². The molecular formula is C18H39N5. The molecule has 0 saturated carbocycles. The quantitative estimate of drug-likeness (QED) is 0.387. The molecule has 1 aliphatic rings. The SMILES string of the molecule is CCNC(=NCC(C)N1CCN(CC)CC1)NCCCC(C)C. The lowest BCUT2D eigenvalue weighted by molar-refractivity contribution is 0.109. The van der Waals surface area contributed by atoms with Crippen LogP contribution < -0.4 is 10.6 Å². The fraction of sp³-hybridized carbons (Fsp3) is 0.944. The molecule has 0 bridgehead atoms. The number of likely N-dealkylation sites (N-methyl/N-ethyl adjacent to an activating group) is 1. The zero-order chi connectivity index (χ0) is 17.1. The Morgan fingerprint density at radius 2 is 1.74 bits per heavy atom. The summed E-state index contributed by atoms with van der Waals surface area (Å²) in [5.74, 6) is 1.74. The summed E-state index contributed by atoms with van der Waals surface area (Å²) in [6.07, 6.45) is 2.47. The number of hydrogen-bond donors (Lipinski definition) is 2. The molecule has 0 aromatic rings. The number of hydrogen-bond acceptors (Lipinski definition) is 3. The number of nitrogens with zero attached hydrogens (tertiary/aromatic N) is 3. The summed E-state index contributed by atoms with van der Waals surface area (Å²) in [4.78, 5) is 9.87. The molecule has 0 spiro atoms. The minimum atomic E-state index is 0.514. The molecular weight excluding hydrogens is 286 g/mol. The number of nitrogens with one attached hydrogen (secondary N) is 2. The number of rotatable bonds is 9. The maximum atomic E-state index is 4.78. The van der Waals surface area contributed by atoms with Gasteiger partial charge in [-0.1, -0.05) is 20.8 Å². The largest absolute Gasteiger partial charge is 0.357 e. The molecule has 136 valence electrons. The minimum absolute atomic E-state index is 0.514. The zero-order valence-corrected chi connectivity index (χ0v) is 16.1. The molecule has 1 rings (SSSR count). The molecule has 23 heavy (non-hydrogen) atoms. The number of guanidine groups is 1. The van der Waals surface area contributed by atoms with Gasteiger partial charge in [-0.2, -0.15) is 0 Å². The van der Waals surface area contributed by atoms with Crippen molar-refractivity contribution in [3.8, 4) is 0 Å². The highest BCUT2D eigenvalue weighted by atomic mass is 15.3. The van der Waals surface area contributed by atoms with Crippen LogP contribution in [-0.4, -0.2) is 74.2 Å². The van der Waals surface area contributed by atoms with Crippen molar-refractivity contribution in [3.63, 3.8) is 0 Å². The van der Waals surface area contributed by atoms with E-state index < -0.39 is 0 Å². The molecule has 0 radical (unpaired) electrons. The van der Waals surface area contributed by atoms with Crippen LogP contribution in [0.4, 0.5) is 0 Å². The highest BCUT2D eigenvalue weighted by Crippen LogP contribution is 2.06. The van der Waals surface area contributed by atoms with Crippen LogP contribution >= 0.6 is 0 Å². The fourth-order valence-electron chi connectivity index (χ4n) is 2.92. The van der Waals surface area contributed by atoms with E-state index in [1.807, 2.05) is 0 Å². The van der Waals surface area contributed by atoms with Crippen molar-refractivity contribution in [2.45, 2.75) is 53.5 Å². The molecule has 1 atom stereocenters. The van der Waals surface area contributed by atoms with Crippen LogP contribution in [0.3, 0.4) is 0 Å². The molecule has 1 heterocycles. The van der Waals surface area contributed by atoms with Crippen molar-refractivity contribution in [1.82, 2.24) is 20.4 Å². The highest BCUT2D eigenvalue weighted by Gasteiger charge is 2.19. The van der Waals surface area contributed by atoms with Crippen molar-refractivity contribution in [2.75, 3.05) is 52.4 Å². The topological polar surface area (TPSA) is 42.9 Å². The van der Waals surface area contributed by atoms with Crippen LogP contribution in [0.1, 0.15) is 47.5 Å². The molecule has 1 unspecified atom stereocenters. The van der Waals surface area contributed by atoms with E-state index >= 15 is 0 Å². The van der Waals surface area contributed by atoms with E-state index in [0.717, 1.165) is 31.5 Å². The summed E-state index contributed by atoms with van der Waals surface area (Å²) in [5, 5.41) is 6.82. The van der Waals surface area contributed by atoms with Gasteiger partial charge in [-0.05, 0) is 39.2 Å². The van der Waals surface area contributed by atoms with Gasteiger partial charge >= 0.3 is 0 Å². The van der Waals surface area contributed by atoms with Gasteiger partial charge in [0.05, 0.1) is 6.54 Å². The molecule has 5 heteroatoms. The Morgan fingerprint density at radius 1 is 1.04 bits per heavy atom. The Bertz CT molecular complexity index is 321. The van der Waals surface area contributed by atoms with Gasteiger partial charge in [0.15, 0.2) is 5.96 Å². The third kappa shape index (κ3) is 8.56. The average molecular weight is 326 g/mol. The van der Waals surface area contributed by atoms with E-state index in [9.17, 15) is 0 Å². The van der Waals surface area contributed by atoms with Gasteiger partial charge in [0.25, 0.3) is 0 Å². The van der Waals surface area contributed by atoms with E-state index in [2.05, 4.69) is 55.1 Å². The van der Waals surface area contributed by atoms with E-state index in [-0.39, 0.29) is 0 Å². The molecule has 1 fully saturated rings. The Balaban J connectivity index is 2.34. The molecule has 0 aromatic carbocycles. The van der Waals surface area contributed by atoms with Gasteiger partial charge in [0, 0.05) is 45.3 Å². The number of piperazine rings is 1. The first-order valence-electron chi connectivity index (χ1n) is 9.55. The molecule has 0 amide bonds. The third-order valence-electron chi connectivity index (χ3n) is 4.59. The smallest absolute Gasteiger partial charge is 0.191 e. The van der Waals surface area contributed by atoms with E-state index in [1.54, 1.807) is 0 Å². The number of aliphatic imine (C=N–C) groups is 1. The predicted octanol–water partition coefficient (Wildman–Crippen LogP) is 2.00. The van der Waals surface area contributed by atoms with Crippen LogP contribution in [-0.2, 0) is 0 Å². The van der Waals surface area contributed by atoms with Crippen LogP contribution in [0, 0.1) is 5.92 Å². The van der Waals surface area contributed by atoms with Crippen molar-refractivity contribution in [2.24, 2.45) is 10.9 Å². The zero-order valence-electron chi connectivity index (χ0n) is 16.1. The maximum absolute atomic E-state index is 4.78. The molecule has 5 nitrogen and oxygen atoms in total. The van der Waals surface area contributed by atoms with Gasteiger partial charge in [-0.25, -0.2) is 0 Å². The van der Waals surface area contributed by atoms with Gasteiger partial charge < -0.3 is 15.5 Å². The first-order valence-corrected chi connectivity index (χ1v) is 9.55. The van der Waals surface area contributed by atoms with Crippen molar-refractivity contribution in [1.29, 1.82) is 0 Å². The molecule has 0 aromatic heterocycles. The second kappa shape index (κ2) is 11.7. The highest BCUT2D eigenvalue weighted by molar-refractivity contribution is 5.79. The van der Waals surface area contributed by atoms with Crippen LogP contribution in [0.25, 0.3) is 0 Å². The van der Waals surface area contributed by atoms with E-state index in [4.69, 9.17) is 4.99 Å². The van der Waals surface area contributed by atoms with Gasteiger partial charge in [-0.15, -0.1) is 0 Å². The lowest BCUT2D eigenvalue weighted by Gasteiger charge is -2.37. The van der Waals surface area contributed by atoms with Crippen molar-refractivity contribution >= 4 is 5.96 Å². The van der Waals surface area contributed by atoms with Crippen LogP contribution in [0.15, 0.2) is 4.99 Å². The van der Waals surface area contributed by atoms with Gasteiger partial charge in [-0.3, -0.25) is 9.89 Å². The molecule has 1 saturated heterocycles. The predicted molar refractivity (Wildman–Crippen MR) is 101 cm³/mol. The summed E-state index contributed by atoms with van der Waals surface area (Å²) in [5.41, 5.74) is 0. The Labute approximate surface area is 143 Å². The van der Waals surface area contributed by atoms with Crippen LogP contribution in [0.5, 0.6) is 0 Å². The standard InChI is InChI=1S/C18H39N5/c1-6-19-18(20-10-8-9-16(3)4)21-15-17(5)23-13-11-22(7-2)12-14-23/h16-17H,6-15H2,1-5H3,(H2,19,20,21). The first kappa shape index (κ1) is 20.2. The average Bonchev–Trinajstić information content (AvgIpc) is 2.56. The summed E-state index contributed by atoms with van der Waals surface area (Å²) in [6, 6.07) is 0.514. The van der Waals surface area contributed by atoms with Gasteiger partial charge in [0.2, 0.25) is 0 Å². The second-order valence-corrected chi connectivity index (χ2v) is 7.00. The van der Waals surface area contributed by atoms with Crippen molar-refractivity contribution < 1.29 is 0 Å². The maximum Gasteiger partial charge on any atom is 0.191 e. The Hall–Kier alpha value is -0.810. The lowest BCUT2D eigenvalue weighted by Crippen LogP contribution is -2.50. The third-order valence-corrected chi connectivity index (χ3v) is 4.59. The summed E-state index contributed by atoms with van der Waals surface area (Å²) in [6.45, 7) is 19.9. The Morgan fingerprint density at radius 3 is 2.30 bits per heavy atom. The monoisotopic (exact) mass is 325 g/mol. The van der Waals surface area contributed by atoms with E-state index in [1.165, 1.54) is 45.6 Å². The summed E-state index contributed by atoms with van der Waals surface area (Å²) < 4.78 is 0. The summed E-state index contributed by atoms with van der Waals surface area (Å²) >= 11 is 0. The lowest BCUT2D eigenvalue weighted by atomic mass is 10.1. The Kier molecular flexibility index (Phi) is 10.3. The first-order chi connectivity index (χ1) is 11.1. The molecule has 1 aliphatic heterocycles. The normalized spacial score (nSPS) is 19.1. The van der Waals surface area contributed by atoms with Crippen molar-refractivity contribution in [3.05, 3.63) is 0 Å². The van der Waals surface area contributed by atoms with Gasteiger partial charge in [0.1, 0.15) is 0 Å². The fourth-order valence-corrected chi connectivity index (χ4v) is 2.92. The summed E-state index contributed by atoms with van der Waals surface area (Å²) in [7, 11) is 0. The molecule has 2 N–H and O–H groups in total. The molecule has 0 aliphatic carbocycles. The second-order valence-electron chi connectivity index (χ2n) is 7.00. The van der Waals surface area contributed by atoms with E-state index in [0.29, 0.717) is 6.04 Å².